The van der Waals surface area contributed by atoms with Gasteiger partial charge in [0.2, 0.25) is 0 Å². The van der Waals surface area contributed by atoms with Crippen LogP contribution in [0.5, 0.6) is 5.75 Å². The van der Waals surface area contributed by atoms with Crippen LogP contribution in [0.15, 0.2) is 22.7 Å². The van der Waals surface area contributed by atoms with Crippen LogP contribution in [0.3, 0.4) is 0 Å². The Hall–Kier alpha value is -0.540. The molecule has 0 saturated carbocycles. The molecular weight excluding hydrogens is 266 g/mol. The second kappa shape index (κ2) is 6.92. The molecule has 0 amide bonds. The van der Waals surface area contributed by atoms with Crippen LogP contribution in [0.25, 0.3) is 0 Å². The first-order valence-electron chi connectivity index (χ1n) is 5.72. The summed E-state index contributed by atoms with van der Waals surface area (Å²) < 4.78 is 6.79. The van der Waals surface area contributed by atoms with Crippen molar-refractivity contribution in [1.29, 1.82) is 0 Å². The number of ether oxygens (including phenoxy) is 1. The molecule has 0 atom stereocenters. The van der Waals surface area contributed by atoms with Crippen molar-refractivity contribution in [2.24, 2.45) is 0 Å². The lowest BCUT2D eigenvalue weighted by atomic mass is 10.2. The maximum atomic E-state index is 5.66. The van der Waals surface area contributed by atoms with Crippen molar-refractivity contribution in [3.63, 3.8) is 0 Å². The molecule has 0 bridgehead atoms. The predicted molar refractivity (Wildman–Crippen MR) is 72.1 cm³/mol. The number of rotatable bonds is 6. The Morgan fingerprint density at radius 1 is 1.38 bits per heavy atom. The van der Waals surface area contributed by atoms with Crippen molar-refractivity contribution in [2.45, 2.75) is 33.2 Å². The molecule has 0 unspecified atom stereocenters. The lowest BCUT2D eigenvalue weighted by molar-refractivity contribution is 0.306. The van der Waals surface area contributed by atoms with E-state index in [1.807, 2.05) is 12.1 Å². The molecule has 1 aromatic carbocycles. The topological polar surface area (TPSA) is 21.3 Å². The molecule has 0 aliphatic rings. The zero-order valence-corrected chi connectivity index (χ0v) is 11.8. The highest BCUT2D eigenvalue weighted by atomic mass is 79.9. The lowest BCUT2D eigenvalue weighted by Crippen LogP contribution is -2.24. The smallest absolute Gasteiger partial charge is 0.119 e. The minimum absolute atomic E-state index is 0.551. The van der Waals surface area contributed by atoms with Gasteiger partial charge in [0.1, 0.15) is 5.75 Å². The van der Waals surface area contributed by atoms with Crippen LogP contribution in [0, 0.1) is 6.92 Å². The molecule has 1 N–H and O–H groups in total. The Labute approximate surface area is 107 Å². The summed E-state index contributed by atoms with van der Waals surface area (Å²) in [6.45, 7) is 8.14. The Kier molecular flexibility index (Phi) is 5.85. The van der Waals surface area contributed by atoms with Gasteiger partial charge in [-0.1, -0.05) is 29.8 Å². The van der Waals surface area contributed by atoms with Gasteiger partial charge < -0.3 is 10.1 Å². The van der Waals surface area contributed by atoms with Crippen LogP contribution in [-0.4, -0.2) is 19.2 Å². The van der Waals surface area contributed by atoms with Crippen molar-refractivity contribution >= 4 is 15.9 Å². The van der Waals surface area contributed by atoms with Crippen LogP contribution < -0.4 is 10.1 Å². The van der Waals surface area contributed by atoms with Gasteiger partial charge in [0.15, 0.2) is 0 Å². The fourth-order valence-electron chi connectivity index (χ4n) is 1.36. The fourth-order valence-corrected chi connectivity index (χ4v) is 1.61. The molecule has 0 aliphatic carbocycles. The van der Waals surface area contributed by atoms with Gasteiger partial charge >= 0.3 is 0 Å². The first-order chi connectivity index (χ1) is 7.59. The van der Waals surface area contributed by atoms with Gasteiger partial charge in [0.05, 0.1) is 6.61 Å². The van der Waals surface area contributed by atoms with Gasteiger partial charge in [0.25, 0.3) is 0 Å². The van der Waals surface area contributed by atoms with Crippen LogP contribution in [-0.2, 0) is 0 Å². The van der Waals surface area contributed by atoms with E-state index in [1.54, 1.807) is 0 Å². The minimum atomic E-state index is 0.551. The SMILES string of the molecule is Cc1cc(OCCCNC(C)C)ccc1Br. The molecule has 2 nitrogen and oxygen atoms in total. The van der Waals surface area contributed by atoms with Gasteiger partial charge in [-0.2, -0.15) is 0 Å². The minimum Gasteiger partial charge on any atom is -0.494 e. The Bertz CT molecular complexity index is 326. The zero-order chi connectivity index (χ0) is 12.0. The van der Waals surface area contributed by atoms with Crippen molar-refractivity contribution in [1.82, 2.24) is 5.32 Å². The van der Waals surface area contributed by atoms with E-state index in [1.165, 1.54) is 5.56 Å². The summed E-state index contributed by atoms with van der Waals surface area (Å²) in [5.74, 6) is 0.949. The summed E-state index contributed by atoms with van der Waals surface area (Å²) in [7, 11) is 0. The summed E-state index contributed by atoms with van der Waals surface area (Å²) >= 11 is 3.47. The average Bonchev–Trinajstić information content (AvgIpc) is 2.22. The quantitative estimate of drug-likeness (QED) is 0.808. The molecule has 0 radical (unpaired) electrons. The number of halogens is 1. The van der Waals surface area contributed by atoms with Gasteiger partial charge in [-0.25, -0.2) is 0 Å². The summed E-state index contributed by atoms with van der Waals surface area (Å²) in [5, 5.41) is 3.36. The number of nitrogens with one attached hydrogen (secondary N) is 1. The molecule has 0 heterocycles. The van der Waals surface area contributed by atoms with Crippen molar-refractivity contribution in [3.8, 4) is 5.75 Å². The lowest BCUT2D eigenvalue weighted by Gasteiger charge is -2.10. The number of benzene rings is 1. The molecule has 0 aliphatic heterocycles. The summed E-state index contributed by atoms with van der Waals surface area (Å²) in [6, 6.07) is 6.62. The highest BCUT2D eigenvalue weighted by Crippen LogP contribution is 2.21. The zero-order valence-electron chi connectivity index (χ0n) is 10.2. The molecule has 0 spiro atoms. The second-order valence-electron chi connectivity index (χ2n) is 4.22. The number of hydrogen-bond donors (Lipinski definition) is 1. The maximum Gasteiger partial charge on any atom is 0.119 e. The third-order valence-corrected chi connectivity index (χ3v) is 3.16. The Morgan fingerprint density at radius 3 is 2.75 bits per heavy atom. The Balaban J connectivity index is 2.24. The van der Waals surface area contributed by atoms with Crippen molar-refractivity contribution in [2.75, 3.05) is 13.2 Å². The molecule has 90 valence electrons. The van der Waals surface area contributed by atoms with E-state index in [4.69, 9.17) is 4.74 Å². The molecular formula is C13H20BrNO. The molecule has 3 heteroatoms. The molecule has 0 saturated heterocycles. The number of hydrogen-bond acceptors (Lipinski definition) is 2. The van der Waals surface area contributed by atoms with Crippen molar-refractivity contribution in [3.05, 3.63) is 28.2 Å². The van der Waals surface area contributed by atoms with E-state index in [0.29, 0.717) is 6.04 Å². The maximum absolute atomic E-state index is 5.66. The second-order valence-corrected chi connectivity index (χ2v) is 5.08. The number of aryl methyl sites for hydroxylation is 1. The monoisotopic (exact) mass is 285 g/mol. The van der Waals surface area contributed by atoms with Crippen LogP contribution >= 0.6 is 15.9 Å². The van der Waals surface area contributed by atoms with E-state index < -0.39 is 0 Å². The first kappa shape index (κ1) is 13.5. The molecule has 16 heavy (non-hydrogen) atoms. The standard InChI is InChI=1S/C13H20BrNO/c1-10(2)15-7-4-8-16-12-5-6-13(14)11(3)9-12/h5-6,9-10,15H,4,7-8H2,1-3H3. The molecule has 1 aromatic rings. The van der Waals surface area contributed by atoms with E-state index in [-0.39, 0.29) is 0 Å². The van der Waals surface area contributed by atoms with Crippen molar-refractivity contribution < 1.29 is 4.74 Å². The van der Waals surface area contributed by atoms with Crippen LogP contribution in [0.1, 0.15) is 25.8 Å². The third-order valence-electron chi connectivity index (χ3n) is 2.27. The van der Waals surface area contributed by atoms with Crippen LogP contribution in [0.2, 0.25) is 0 Å². The van der Waals surface area contributed by atoms with Gasteiger partial charge in [-0.15, -0.1) is 0 Å². The summed E-state index contributed by atoms with van der Waals surface area (Å²) in [5.41, 5.74) is 1.21. The first-order valence-corrected chi connectivity index (χ1v) is 6.51. The van der Waals surface area contributed by atoms with Gasteiger partial charge in [0, 0.05) is 10.5 Å². The largest absolute Gasteiger partial charge is 0.494 e. The highest BCUT2D eigenvalue weighted by molar-refractivity contribution is 9.10. The van der Waals surface area contributed by atoms with E-state index in [0.717, 1.165) is 29.8 Å². The predicted octanol–water partition coefficient (Wildman–Crippen LogP) is 3.52. The molecule has 1 rings (SSSR count). The molecule has 0 aromatic heterocycles. The van der Waals surface area contributed by atoms with E-state index in [9.17, 15) is 0 Å². The van der Waals surface area contributed by atoms with Crippen LogP contribution in [0.4, 0.5) is 0 Å². The van der Waals surface area contributed by atoms with E-state index >= 15 is 0 Å². The fraction of sp³-hybridized carbons (Fsp3) is 0.538. The summed E-state index contributed by atoms with van der Waals surface area (Å²) in [4.78, 5) is 0. The average molecular weight is 286 g/mol. The molecule has 0 fully saturated rings. The van der Waals surface area contributed by atoms with Gasteiger partial charge in [-0.05, 0) is 43.7 Å². The third kappa shape index (κ3) is 4.99. The van der Waals surface area contributed by atoms with Gasteiger partial charge in [-0.3, -0.25) is 0 Å². The normalized spacial score (nSPS) is 10.8. The summed E-state index contributed by atoms with van der Waals surface area (Å²) in [6.07, 6.45) is 1.04. The Morgan fingerprint density at radius 2 is 2.12 bits per heavy atom. The highest BCUT2D eigenvalue weighted by Gasteiger charge is 1.98. The van der Waals surface area contributed by atoms with E-state index in [2.05, 4.69) is 48.1 Å².